The molecule has 0 bridgehead atoms. The number of hydrogen-bond donors (Lipinski definition) is 0. The van der Waals surface area contributed by atoms with Gasteiger partial charge >= 0.3 is 0 Å². The van der Waals surface area contributed by atoms with E-state index < -0.39 is 0 Å². The molecule has 1 aromatic carbocycles. The minimum absolute atomic E-state index is 0.197. The van der Waals surface area contributed by atoms with Crippen LogP contribution in [0.15, 0.2) is 24.3 Å². The third-order valence-corrected chi connectivity index (χ3v) is 2.36. The van der Waals surface area contributed by atoms with Crippen LogP contribution in [0.2, 0.25) is 0 Å². The van der Waals surface area contributed by atoms with Gasteiger partial charge in [0.2, 0.25) is 0 Å². The summed E-state index contributed by atoms with van der Waals surface area (Å²) in [6, 6.07) is 6.55. The second kappa shape index (κ2) is 7.60. The van der Waals surface area contributed by atoms with Gasteiger partial charge in [-0.2, -0.15) is 0 Å². The summed E-state index contributed by atoms with van der Waals surface area (Å²) in [5, 5.41) is 0. The molecule has 2 nitrogen and oxygen atoms in total. The topological polar surface area (TPSA) is 12.5 Å². The molecule has 0 aromatic heterocycles. The number of benzene rings is 1. The van der Waals surface area contributed by atoms with Gasteiger partial charge in [-0.3, -0.25) is 4.90 Å². The number of halogens is 2. The molecule has 0 aliphatic rings. The molecule has 0 heterocycles. The third-order valence-electron chi connectivity index (χ3n) is 2.20. The molecule has 0 atom stereocenters. The summed E-state index contributed by atoms with van der Waals surface area (Å²) in [6.07, 6.45) is 0. The Bertz CT molecular complexity index is 292. The van der Waals surface area contributed by atoms with E-state index in [0.717, 1.165) is 18.7 Å². The molecule has 1 aromatic rings. The lowest BCUT2D eigenvalue weighted by Gasteiger charge is -2.16. The summed E-state index contributed by atoms with van der Waals surface area (Å²) in [7, 11) is 2.01. The molecular formula is C12H17ClFNO. The van der Waals surface area contributed by atoms with Crippen molar-refractivity contribution >= 4 is 11.6 Å². The predicted octanol–water partition coefficient (Wildman–Crippen LogP) is 2.51. The molecular weight excluding hydrogens is 229 g/mol. The normalized spacial score (nSPS) is 11.0. The predicted molar refractivity (Wildman–Crippen MR) is 64.3 cm³/mol. The molecule has 0 amide bonds. The van der Waals surface area contributed by atoms with E-state index in [-0.39, 0.29) is 5.82 Å². The van der Waals surface area contributed by atoms with Crippen molar-refractivity contribution in [3.8, 4) is 0 Å². The summed E-state index contributed by atoms with van der Waals surface area (Å²) < 4.78 is 17.9. The molecule has 0 N–H and O–H groups in total. The van der Waals surface area contributed by atoms with Gasteiger partial charge in [0.05, 0.1) is 13.2 Å². The van der Waals surface area contributed by atoms with Crippen LogP contribution in [0, 0.1) is 5.82 Å². The van der Waals surface area contributed by atoms with E-state index in [4.69, 9.17) is 16.3 Å². The van der Waals surface area contributed by atoms with Crippen molar-refractivity contribution in [1.29, 1.82) is 0 Å². The Morgan fingerprint density at radius 2 is 1.94 bits per heavy atom. The Labute approximate surface area is 101 Å². The van der Waals surface area contributed by atoms with Crippen molar-refractivity contribution in [2.75, 3.05) is 32.7 Å². The van der Waals surface area contributed by atoms with E-state index in [9.17, 15) is 4.39 Å². The highest BCUT2D eigenvalue weighted by Crippen LogP contribution is 2.05. The molecule has 0 radical (unpaired) electrons. The monoisotopic (exact) mass is 245 g/mol. The summed E-state index contributed by atoms with van der Waals surface area (Å²) >= 11 is 5.49. The number of rotatable bonds is 7. The van der Waals surface area contributed by atoms with Gasteiger partial charge < -0.3 is 4.74 Å². The van der Waals surface area contributed by atoms with Gasteiger partial charge in [0, 0.05) is 19.0 Å². The van der Waals surface area contributed by atoms with E-state index in [0.29, 0.717) is 19.1 Å². The van der Waals surface area contributed by atoms with Crippen LogP contribution in [-0.4, -0.2) is 37.6 Å². The maximum Gasteiger partial charge on any atom is 0.123 e. The van der Waals surface area contributed by atoms with Crippen LogP contribution in [0.5, 0.6) is 0 Å². The molecule has 90 valence electrons. The summed E-state index contributed by atoms with van der Waals surface area (Å²) in [5.74, 6) is 0.332. The van der Waals surface area contributed by atoms with Crippen molar-refractivity contribution in [2.24, 2.45) is 0 Å². The lowest BCUT2D eigenvalue weighted by atomic mass is 10.2. The molecule has 0 aliphatic heterocycles. The summed E-state index contributed by atoms with van der Waals surface area (Å²) in [6.45, 7) is 2.90. The fourth-order valence-corrected chi connectivity index (χ4v) is 1.47. The molecule has 0 unspecified atom stereocenters. The Hall–Kier alpha value is -0.640. The van der Waals surface area contributed by atoms with Crippen molar-refractivity contribution in [2.45, 2.75) is 6.54 Å². The van der Waals surface area contributed by atoms with Crippen LogP contribution >= 0.6 is 11.6 Å². The molecule has 4 heteroatoms. The van der Waals surface area contributed by atoms with Crippen LogP contribution in [0.4, 0.5) is 4.39 Å². The van der Waals surface area contributed by atoms with Crippen molar-refractivity contribution < 1.29 is 9.13 Å². The zero-order chi connectivity index (χ0) is 11.8. The first-order valence-corrected chi connectivity index (χ1v) is 5.82. The zero-order valence-corrected chi connectivity index (χ0v) is 10.2. The second-order valence-electron chi connectivity index (χ2n) is 3.67. The lowest BCUT2D eigenvalue weighted by molar-refractivity contribution is 0.121. The van der Waals surface area contributed by atoms with E-state index >= 15 is 0 Å². The smallest absolute Gasteiger partial charge is 0.123 e. The Balaban J connectivity index is 2.23. The van der Waals surface area contributed by atoms with Gasteiger partial charge in [0.15, 0.2) is 0 Å². The molecule has 16 heavy (non-hydrogen) atoms. The number of likely N-dealkylation sites (N-methyl/N-ethyl adjacent to an activating group) is 1. The van der Waals surface area contributed by atoms with E-state index in [2.05, 4.69) is 4.90 Å². The van der Waals surface area contributed by atoms with Crippen molar-refractivity contribution in [3.05, 3.63) is 35.6 Å². The van der Waals surface area contributed by atoms with Gasteiger partial charge in [0.25, 0.3) is 0 Å². The summed E-state index contributed by atoms with van der Waals surface area (Å²) in [4.78, 5) is 2.13. The Morgan fingerprint density at radius 1 is 1.25 bits per heavy atom. The number of alkyl halides is 1. The van der Waals surface area contributed by atoms with Gasteiger partial charge in [-0.05, 0) is 24.7 Å². The van der Waals surface area contributed by atoms with Crippen LogP contribution in [-0.2, 0) is 11.3 Å². The zero-order valence-electron chi connectivity index (χ0n) is 9.46. The number of ether oxygens (including phenoxy) is 1. The van der Waals surface area contributed by atoms with E-state index in [1.165, 1.54) is 12.1 Å². The molecule has 0 fully saturated rings. The van der Waals surface area contributed by atoms with Crippen LogP contribution in [0.25, 0.3) is 0 Å². The van der Waals surface area contributed by atoms with Gasteiger partial charge in [0.1, 0.15) is 5.82 Å². The van der Waals surface area contributed by atoms with Crippen molar-refractivity contribution in [3.63, 3.8) is 0 Å². The average molecular weight is 246 g/mol. The lowest BCUT2D eigenvalue weighted by Crippen LogP contribution is -2.23. The Kier molecular flexibility index (Phi) is 6.38. The minimum Gasteiger partial charge on any atom is -0.379 e. The fourth-order valence-electron chi connectivity index (χ4n) is 1.36. The van der Waals surface area contributed by atoms with E-state index in [1.807, 2.05) is 7.05 Å². The minimum atomic E-state index is -0.197. The second-order valence-corrected chi connectivity index (χ2v) is 4.04. The standard InChI is InChI=1S/C12H17ClFNO/c1-15(7-9-16-8-6-13)10-11-2-4-12(14)5-3-11/h2-5H,6-10H2,1H3. The van der Waals surface area contributed by atoms with Crippen LogP contribution in [0.3, 0.4) is 0 Å². The first kappa shape index (κ1) is 13.4. The maximum absolute atomic E-state index is 12.7. The first-order chi connectivity index (χ1) is 7.72. The highest BCUT2D eigenvalue weighted by molar-refractivity contribution is 6.17. The molecule has 1 rings (SSSR count). The van der Waals surface area contributed by atoms with Gasteiger partial charge in [-0.1, -0.05) is 12.1 Å². The number of hydrogen-bond acceptors (Lipinski definition) is 2. The SMILES string of the molecule is CN(CCOCCCl)Cc1ccc(F)cc1. The van der Waals surface area contributed by atoms with Crippen LogP contribution < -0.4 is 0 Å². The van der Waals surface area contributed by atoms with Gasteiger partial charge in [-0.15, -0.1) is 11.6 Å². The molecule has 0 saturated carbocycles. The van der Waals surface area contributed by atoms with Crippen molar-refractivity contribution in [1.82, 2.24) is 4.90 Å². The Morgan fingerprint density at radius 3 is 2.56 bits per heavy atom. The highest BCUT2D eigenvalue weighted by atomic mass is 35.5. The van der Waals surface area contributed by atoms with Gasteiger partial charge in [-0.25, -0.2) is 4.39 Å². The molecule has 0 saturated heterocycles. The number of nitrogens with zero attached hydrogens (tertiary/aromatic N) is 1. The average Bonchev–Trinajstić information content (AvgIpc) is 2.28. The molecule has 0 spiro atoms. The summed E-state index contributed by atoms with van der Waals surface area (Å²) in [5.41, 5.74) is 1.10. The maximum atomic E-state index is 12.7. The highest BCUT2D eigenvalue weighted by Gasteiger charge is 2.00. The molecule has 0 aliphatic carbocycles. The quantitative estimate of drug-likeness (QED) is 0.541. The largest absolute Gasteiger partial charge is 0.379 e. The van der Waals surface area contributed by atoms with E-state index in [1.54, 1.807) is 12.1 Å². The fraction of sp³-hybridized carbons (Fsp3) is 0.500. The van der Waals surface area contributed by atoms with Crippen LogP contribution in [0.1, 0.15) is 5.56 Å². The first-order valence-electron chi connectivity index (χ1n) is 5.29. The third kappa shape index (κ3) is 5.45.